The van der Waals surface area contributed by atoms with Gasteiger partial charge >= 0.3 is 0 Å². The Bertz CT molecular complexity index is 402. The maximum Gasteiger partial charge on any atom is 0.233 e. The molecule has 1 fully saturated rings. The number of piperazine rings is 1. The average Bonchev–Trinajstić information content (AvgIpc) is 2.38. The van der Waals surface area contributed by atoms with Crippen LogP contribution in [-0.2, 0) is 4.79 Å². The van der Waals surface area contributed by atoms with E-state index in [1.54, 1.807) is 11.8 Å². The Morgan fingerprint density at radius 2 is 1.83 bits per heavy atom. The second-order valence-electron chi connectivity index (χ2n) is 4.43. The van der Waals surface area contributed by atoms with Gasteiger partial charge < -0.3 is 9.80 Å². The van der Waals surface area contributed by atoms with Crippen LogP contribution in [0, 0.1) is 0 Å². The number of halogens is 1. The first-order valence-corrected chi connectivity index (χ1v) is 7.78. The zero-order valence-corrected chi connectivity index (χ0v) is 12.8. The van der Waals surface area contributed by atoms with Gasteiger partial charge in [0.1, 0.15) is 0 Å². The van der Waals surface area contributed by atoms with Crippen molar-refractivity contribution < 1.29 is 4.79 Å². The van der Waals surface area contributed by atoms with Crippen molar-refractivity contribution in [1.82, 2.24) is 9.80 Å². The Balaban J connectivity index is 1.79. The van der Waals surface area contributed by atoms with Crippen LogP contribution in [0.2, 0.25) is 0 Å². The number of carbonyl (C=O) groups is 1. The summed E-state index contributed by atoms with van der Waals surface area (Å²) in [4.78, 5) is 17.4. The van der Waals surface area contributed by atoms with Crippen molar-refractivity contribution in [1.29, 1.82) is 0 Å². The molecular formula is C13H17BrN2OS. The Morgan fingerprint density at radius 3 is 2.44 bits per heavy atom. The molecule has 0 aromatic heterocycles. The highest BCUT2D eigenvalue weighted by Crippen LogP contribution is 2.21. The molecule has 0 bridgehead atoms. The number of carbonyl (C=O) groups excluding carboxylic acids is 1. The first-order valence-electron chi connectivity index (χ1n) is 6.00. The third-order valence-corrected chi connectivity index (χ3v) is 4.56. The smallest absolute Gasteiger partial charge is 0.233 e. The summed E-state index contributed by atoms with van der Waals surface area (Å²) in [5.74, 6) is 0.779. The number of amides is 1. The fourth-order valence-electron chi connectivity index (χ4n) is 1.82. The van der Waals surface area contributed by atoms with E-state index >= 15 is 0 Å². The lowest BCUT2D eigenvalue weighted by Crippen LogP contribution is -2.47. The maximum absolute atomic E-state index is 12.0. The van der Waals surface area contributed by atoms with Crippen molar-refractivity contribution in [3.8, 4) is 0 Å². The zero-order chi connectivity index (χ0) is 13.0. The number of hydrogen-bond acceptors (Lipinski definition) is 3. The largest absolute Gasteiger partial charge is 0.339 e. The van der Waals surface area contributed by atoms with E-state index in [1.807, 2.05) is 29.2 Å². The molecule has 2 rings (SSSR count). The van der Waals surface area contributed by atoms with Gasteiger partial charge in [-0.15, -0.1) is 11.8 Å². The second-order valence-corrected chi connectivity index (χ2v) is 6.39. The molecule has 3 nitrogen and oxygen atoms in total. The Labute approximate surface area is 121 Å². The van der Waals surface area contributed by atoms with Crippen LogP contribution < -0.4 is 0 Å². The molecule has 1 aromatic rings. The quantitative estimate of drug-likeness (QED) is 0.795. The van der Waals surface area contributed by atoms with E-state index in [2.05, 4.69) is 27.9 Å². The van der Waals surface area contributed by atoms with E-state index in [1.165, 1.54) is 0 Å². The van der Waals surface area contributed by atoms with Crippen LogP contribution in [0.4, 0.5) is 0 Å². The summed E-state index contributed by atoms with van der Waals surface area (Å²) in [6, 6.07) is 8.07. The van der Waals surface area contributed by atoms with E-state index in [9.17, 15) is 4.79 Å². The summed E-state index contributed by atoms with van der Waals surface area (Å²) >= 11 is 5.01. The first-order chi connectivity index (χ1) is 8.65. The molecule has 0 atom stereocenters. The molecule has 1 aliphatic rings. The standard InChI is InChI=1S/C13H17BrN2OS/c1-15-6-8-16(9-7-15)13(17)10-18-12-4-2-11(14)3-5-12/h2-5H,6-10H2,1H3. The minimum absolute atomic E-state index is 0.246. The summed E-state index contributed by atoms with van der Waals surface area (Å²) < 4.78 is 1.07. The lowest BCUT2D eigenvalue weighted by Gasteiger charge is -2.32. The highest BCUT2D eigenvalue weighted by atomic mass is 79.9. The summed E-state index contributed by atoms with van der Waals surface area (Å²) in [6.07, 6.45) is 0. The topological polar surface area (TPSA) is 23.6 Å². The molecule has 18 heavy (non-hydrogen) atoms. The van der Waals surface area contributed by atoms with Gasteiger partial charge in [-0.05, 0) is 31.3 Å². The minimum Gasteiger partial charge on any atom is -0.339 e. The third kappa shape index (κ3) is 4.00. The van der Waals surface area contributed by atoms with Crippen LogP contribution in [0.15, 0.2) is 33.6 Å². The van der Waals surface area contributed by atoms with Crippen LogP contribution in [0.25, 0.3) is 0 Å². The number of benzene rings is 1. The van der Waals surface area contributed by atoms with Crippen LogP contribution in [0.5, 0.6) is 0 Å². The average molecular weight is 329 g/mol. The molecule has 0 spiro atoms. The second kappa shape index (κ2) is 6.59. The molecule has 5 heteroatoms. The van der Waals surface area contributed by atoms with E-state index < -0.39 is 0 Å². The monoisotopic (exact) mass is 328 g/mol. The molecular weight excluding hydrogens is 312 g/mol. The van der Waals surface area contributed by atoms with Gasteiger partial charge in [-0.3, -0.25) is 4.79 Å². The van der Waals surface area contributed by atoms with Crippen molar-refractivity contribution in [2.75, 3.05) is 39.0 Å². The first kappa shape index (κ1) is 13.9. The highest BCUT2D eigenvalue weighted by molar-refractivity contribution is 9.10. The van der Waals surface area contributed by atoms with Crippen molar-refractivity contribution in [3.05, 3.63) is 28.7 Å². The highest BCUT2D eigenvalue weighted by Gasteiger charge is 2.18. The van der Waals surface area contributed by atoms with E-state index in [4.69, 9.17) is 0 Å². The number of likely N-dealkylation sites (N-methyl/N-ethyl adjacent to an activating group) is 1. The van der Waals surface area contributed by atoms with Crippen molar-refractivity contribution in [2.45, 2.75) is 4.90 Å². The molecule has 1 aliphatic heterocycles. The normalized spacial score (nSPS) is 16.9. The fourth-order valence-corrected chi connectivity index (χ4v) is 2.89. The van der Waals surface area contributed by atoms with Crippen molar-refractivity contribution >= 4 is 33.6 Å². The van der Waals surface area contributed by atoms with E-state index in [0.717, 1.165) is 35.5 Å². The predicted molar refractivity (Wildman–Crippen MR) is 78.9 cm³/mol. The number of thioether (sulfide) groups is 1. The molecule has 0 saturated carbocycles. The molecule has 0 aliphatic carbocycles. The minimum atomic E-state index is 0.246. The van der Waals surface area contributed by atoms with Gasteiger partial charge in [-0.2, -0.15) is 0 Å². The molecule has 1 heterocycles. The third-order valence-electron chi connectivity index (χ3n) is 3.03. The zero-order valence-electron chi connectivity index (χ0n) is 10.4. The number of rotatable bonds is 3. The fraction of sp³-hybridized carbons (Fsp3) is 0.462. The lowest BCUT2D eigenvalue weighted by atomic mass is 10.3. The number of hydrogen-bond donors (Lipinski definition) is 0. The molecule has 1 amide bonds. The van der Waals surface area contributed by atoms with Gasteiger partial charge in [-0.1, -0.05) is 15.9 Å². The molecule has 1 saturated heterocycles. The van der Waals surface area contributed by atoms with Crippen LogP contribution in [-0.4, -0.2) is 54.7 Å². The summed E-state index contributed by atoms with van der Waals surface area (Å²) in [6.45, 7) is 3.68. The van der Waals surface area contributed by atoms with Gasteiger partial charge in [0, 0.05) is 35.5 Å². The van der Waals surface area contributed by atoms with Gasteiger partial charge in [0.05, 0.1) is 5.75 Å². The van der Waals surface area contributed by atoms with Gasteiger partial charge in [-0.25, -0.2) is 0 Å². The van der Waals surface area contributed by atoms with Gasteiger partial charge in [0.25, 0.3) is 0 Å². The molecule has 0 unspecified atom stereocenters. The molecule has 0 radical (unpaired) electrons. The van der Waals surface area contributed by atoms with E-state index in [-0.39, 0.29) is 5.91 Å². The van der Waals surface area contributed by atoms with Gasteiger partial charge in [0.2, 0.25) is 5.91 Å². The summed E-state index contributed by atoms with van der Waals surface area (Å²) in [7, 11) is 2.10. The number of nitrogens with zero attached hydrogens (tertiary/aromatic N) is 2. The Morgan fingerprint density at radius 1 is 1.22 bits per heavy atom. The Hall–Kier alpha value is -0.520. The van der Waals surface area contributed by atoms with Crippen LogP contribution in [0.3, 0.4) is 0 Å². The van der Waals surface area contributed by atoms with Crippen molar-refractivity contribution in [3.63, 3.8) is 0 Å². The van der Waals surface area contributed by atoms with Gasteiger partial charge in [0.15, 0.2) is 0 Å². The van der Waals surface area contributed by atoms with Crippen LogP contribution >= 0.6 is 27.7 Å². The summed E-state index contributed by atoms with van der Waals surface area (Å²) in [5, 5.41) is 0. The Kier molecular flexibility index (Phi) is 5.09. The molecule has 98 valence electrons. The van der Waals surface area contributed by atoms with Crippen LogP contribution in [0.1, 0.15) is 0 Å². The molecule has 0 N–H and O–H groups in total. The molecule has 1 aromatic carbocycles. The predicted octanol–water partition coefficient (Wildman–Crippen LogP) is 2.32. The SMILES string of the molecule is CN1CCN(C(=O)CSc2ccc(Br)cc2)CC1. The summed E-state index contributed by atoms with van der Waals surface area (Å²) in [5.41, 5.74) is 0. The van der Waals surface area contributed by atoms with Crippen molar-refractivity contribution in [2.24, 2.45) is 0 Å². The lowest BCUT2D eigenvalue weighted by molar-refractivity contribution is -0.129. The van der Waals surface area contributed by atoms with E-state index in [0.29, 0.717) is 5.75 Å². The maximum atomic E-state index is 12.0.